The van der Waals surface area contributed by atoms with Gasteiger partial charge in [0.2, 0.25) is 0 Å². The molecule has 3 fully saturated rings. The van der Waals surface area contributed by atoms with E-state index >= 15 is 0 Å². The number of nitrogen functional groups attached to an aromatic ring is 1. The molecule has 3 aliphatic rings. The van der Waals surface area contributed by atoms with Crippen molar-refractivity contribution in [3.8, 4) is 32.1 Å². The SMILES string of the molecule is Cc1cnc(-c2ccc(C(O)CO)s2)nc1Nc1cc(C2CC2)[nH]n1.N=C(N)c1ccc(-c2ncc(Cl)c(Nc3cc(C4CC4)[nH]n3)n2)s1.OCC(O)c1ccc(-c2ncc(Cl)c(Nc3cc(C4CC4)[nH]n3)n2)s1.[HH].[HH]. The first-order chi connectivity index (χ1) is 35.9. The summed E-state index contributed by atoms with van der Waals surface area (Å²) in [7, 11) is 0. The standard InChI is InChI=1S/C17H19N5O2S.C16H16ClN5O2S.C15H14ClN7S.2H2/c1-9-7-18-17(14-5-4-13(25-14)12(24)8-23)20-16(9)19-15-6-11(21-22-15)10-2-3-10;17-9-6-18-16(13-4-3-12(25-13)11(24)7-23)20-15(9)19-14-5-10(21-22-14)8-1-2-8;16-8-6-19-15(11-4-3-10(24-11)13(17)18)21-14(8)20-12-5-9(22-23-12)7-1-2-7;;/h4-7,10,12,23-24H,2-3,8H2,1H3,(H2,18,19,20,21,22);3-6,8,11,23-24H,1-2,7H2,(H2,18,19,20,21,22);3-7H,1-2H2,(H3,17,18)(H2,19,20,21,22,23);2*1H. The highest BCUT2D eigenvalue weighted by Gasteiger charge is 2.28. The van der Waals surface area contributed by atoms with Gasteiger partial charge in [-0.15, -0.1) is 34.0 Å². The Balaban J connectivity index is 0.000000149. The molecule has 74 heavy (non-hydrogen) atoms. The van der Waals surface area contributed by atoms with E-state index in [4.69, 9.17) is 44.6 Å². The highest BCUT2D eigenvalue weighted by molar-refractivity contribution is 7.17. The lowest BCUT2D eigenvalue weighted by molar-refractivity contribution is 0.0983. The van der Waals surface area contributed by atoms with Crippen LogP contribution in [0.25, 0.3) is 32.1 Å². The van der Waals surface area contributed by atoms with E-state index in [2.05, 4.69) is 76.4 Å². The summed E-state index contributed by atoms with van der Waals surface area (Å²) in [5.41, 5.74) is 9.84. The van der Waals surface area contributed by atoms with Crippen molar-refractivity contribution in [2.45, 2.75) is 75.4 Å². The fraction of sp³-hybridized carbons (Fsp3) is 0.292. The lowest BCUT2D eigenvalue weighted by Crippen LogP contribution is -2.08. The fourth-order valence-corrected chi connectivity index (χ4v) is 10.2. The molecule has 3 aliphatic carbocycles. The Bertz CT molecular complexity index is 3260. The first kappa shape index (κ1) is 50.8. The van der Waals surface area contributed by atoms with Crippen molar-refractivity contribution in [2.24, 2.45) is 5.73 Å². The van der Waals surface area contributed by atoms with Gasteiger partial charge in [0.05, 0.1) is 45.1 Å². The van der Waals surface area contributed by atoms with Crippen molar-refractivity contribution < 1.29 is 23.3 Å². The van der Waals surface area contributed by atoms with E-state index in [9.17, 15) is 10.2 Å². The molecule has 386 valence electrons. The summed E-state index contributed by atoms with van der Waals surface area (Å²) in [4.78, 5) is 30.9. The van der Waals surface area contributed by atoms with Gasteiger partial charge in [-0.3, -0.25) is 20.7 Å². The lowest BCUT2D eigenvalue weighted by Gasteiger charge is -2.07. The minimum absolute atomic E-state index is 0. The number of rotatable bonds is 17. The summed E-state index contributed by atoms with van der Waals surface area (Å²) in [6.07, 6.45) is 10.3. The summed E-state index contributed by atoms with van der Waals surface area (Å²) in [5.74, 6) is 7.18. The van der Waals surface area contributed by atoms with Crippen molar-refractivity contribution >= 4 is 98.0 Å². The molecule has 9 aromatic heterocycles. The predicted octanol–water partition coefficient (Wildman–Crippen LogP) is 10.1. The summed E-state index contributed by atoms with van der Waals surface area (Å²) in [6.45, 7) is 1.32. The average Bonchev–Trinajstić information content (AvgIpc) is 4.29. The number of aromatic amines is 3. The topological polar surface area (TPSA) is 330 Å². The second kappa shape index (κ2) is 22.4. The molecule has 0 aromatic carbocycles. The van der Waals surface area contributed by atoms with Crippen LogP contribution in [0.3, 0.4) is 0 Å². The zero-order chi connectivity index (χ0) is 51.5. The highest BCUT2D eigenvalue weighted by atomic mass is 35.5. The number of H-pyrrole nitrogens is 3. The summed E-state index contributed by atoms with van der Waals surface area (Å²) >= 11 is 16.5. The number of hydrogen-bond acceptors (Lipinski definition) is 20. The number of nitrogens with two attached hydrogens (primary N) is 1. The number of aromatic nitrogens is 12. The van der Waals surface area contributed by atoms with E-state index in [0.29, 0.717) is 89.0 Å². The number of aryl methyl sites for hydroxylation is 1. The van der Waals surface area contributed by atoms with Crippen LogP contribution < -0.4 is 21.7 Å². The second-order valence-corrected chi connectivity index (χ2v) is 21.8. The number of nitrogens with one attached hydrogen (secondary N) is 7. The molecule has 9 aromatic rings. The average molecular weight is 1100 g/mol. The Morgan fingerprint density at radius 1 is 0.622 bits per heavy atom. The minimum atomic E-state index is -0.895. The molecule has 0 spiro atoms. The molecular formula is C48H53Cl2N17O4S3. The van der Waals surface area contributed by atoms with Gasteiger partial charge in [0.25, 0.3) is 0 Å². The van der Waals surface area contributed by atoms with Crippen LogP contribution in [-0.2, 0) is 0 Å². The van der Waals surface area contributed by atoms with E-state index < -0.39 is 12.2 Å². The third-order valence-corrected chi connectivity index (χ3v) is 15.9. The van der Waals surface area contributed by atoms with Gasteiger partial charge in [0.1, 0.15) is 33.9 Å². The van der Waals surface area contributed by atoms with Crippen LogP contribution in [0, 0.1) is 12.3 Å². The van der Waals surface area contributed by atoms with Gasteiger partial charge in [-0.05, 0) is 81.8 Å². The molecule has 9 heterocycles. The van der Waals surface area contributed by atoms with Crippen molar-refractivity contribution in [1.82, 2.24) is 60.5 Å². The van der Waals surface area contributed by atoms with Crippen molar-refractivity contribution in [1.29, 1.82) is 5.41 Å². The Kier molecular flexibility index (Phi) is 15.4. The van der Waals surface area contributed by atoms with Gasteiger partial charge in [-0.25, -0.2) is 29.9 Å². The van der Waals surface area contributed by atoms with Crippen LogP contribution in [-0.4, -0.2) is 100.0 Å². The van der Waals surface area contributed by atoms with Crippen LogP contribution >= 0.6 is 57.2 Å². The molecule has 0 amide bonds. The first-order valence-electron chi connectivity index (χ1n) is 23.5. The monoisotopic (exact) mass is 1100 g/mol. The van der Waals surface area contributed by atoms with Gasteiger partial charge < -0.3 is 42.1 Å². The van der Waals surface area contributed by atoms with E-state index in [1.165, 1.54) is 78.7 Å². The zero-order valence-corrected chi connectivity index (χ0v) is 43.3. The Hall–Kier alpha value is -6.74. The van der Waals surface area contributed by atoms with Crippen LogP contribution in [0.2, 0.25) is 10.0 Å². The predicted molar refractivity (Wildman–Crippen MR) is 292 cm³/mol. The van der Waals surface area contributed by atoms with Crippen LogP contribution in [0.15, 0.2) is 73.2 Å². The molecule has 3 saturated carbocycles. The zero-order valence-electron chi connectivity index (χ0n) is 39.3. The van der Waals surface area contributed by atoms with Gasteiger partial charge in [-0.2, -0.15) is 15.3 Å². The largest absolute Gasteiger partial charge is 0.393 e. The number of amidine groups is 1. The van der Waals surface area contributed by atoms with Crippen LogP contribution in [0.1, 0.15) is 109 Å². The van der Waals surface area contributed by atoms with Gasteiger partial charge >= 0.3 is 0 Å². The summed E-state index contributed by atoms with van der Waals surface area (Å²) in [5, 5.41) is 77.3. The number of anilines is 6. The van der Waals surface area contributed by atoms with Gasteiger partial charge in [0.15, 0.2) is 46.6 Å². The van der Waals surface area contributed by atoms with E-state index in [1.54, 1.807) is 30.6 Å². The number of aliphatic hydroxyl groups is 4. The maximum absolute atomic E-state index is 9.73. The molecule has 0 bridgehead atoms. The molecule has 12 rings (SSSR count). The maximum Gasteiger partial charge on any atom is 0.171 e. The first-order valence-corrected chi connectivity index (χ1v) is 26.7. The van der Waals surface area contributed by atoms with Crippen LogP contribution in [0.4, 0.5) is 34.9 Å². The number of aliphatic hydroxyl groups excluding tert-OH is 4. The van der Waals surface area contributed by atoms with Gasteiger partial charge in [-0.1, -0.05) is 23.2 Å². The lowest BCUT2D eigenvalue weighted by atomic mass is 10.3. The van der Waals surface area contributed by atoms with Crippen LogP contribution in [0.5, 0.6) is 0 Å². The molecule has 0 saturated heterocycles. The molecule has 26 heteroatoms. The Morgan fingerprint density at radius 2 is 1.00 bits per heavy atom. The summed E-state index contributed by atoms with van der Waals surface area (Å²) < 4.78 is 0. The highest BCUT2D eigenvalue weighted by Crippen LogP contribution is 2.42. The summed E-state index contributed by atoms with van der Waals surface area (Å²) in [6, 6.07) is 16.8. The smallest absolute Gasteiger partial charge is 0.171 e. The normalized spacial score (nSPS) is 14.9. The van der Waals surface area contributed by atoms with Crippen molar-refractivity contribution in [2.75, 3.05) is 29.2 Å². The second-order valence-electron chi connectivity index (χ2n) is 17.7. The molecule has 21 nitrogen and oxygen atoms in total. The maximum atomic E-state index is 9.73. The quantitative estimate of drug-likeness (QED) is 0.0298. The van der Waals surface area contributed by atoms with Gasteiger partial charge in [0, 0.05) is 77.4 Å². The Labute approximate surface area is 447 Å². The third-order valence-electron chi connectivity index (χ3n) is 11.8. The van der Waals surface area contributed by atoms with E-state index in [0.717, 1.165) is 43.1 Å². The number of hydrogen-bond donors (Lipinski definition) is 12. The van der Waals surface area contributed by atoms with E-state index in [-0.39, 0.29) is 21.9 Å². The third kappa shape index (κ3) is 12.4. The molecule has 13 N–H and O–H groups in total. The molecule has 2 unspecified atom stereocenters. The van der Waals surface area contributed by atoms with E-state index in [1.807, 2.05) is 43.3 Å². The minimum Gasteiger partial charge on any atom is -0.393 e. The number of thiophene rings is 3. The molecule has 0 aliphatic heterocycles. The molecule has 2 atom stereocenters. The van der Waals surface area contributed by atoms with Crippen molar-refractivity contribution in [3.63, 3.8) is 0 Å². The number of nitrogens with zero attached hydrogens (tertiary/aromatic N) is 9. The Morgan fingerprint density at radius 3 is 1.39 bits per heavy atom. The van der Waals surface area contributed by atoms with Crippen molar-refractivity contribution in [3.05, 3.63) is 121 Å². The fourth-order valence-electron chi connectivity index (χ4n) is 7.30. The number of halogens is 2. The molecule has 0 radical (unpaired) electrons. The molecular weight excluding hydrogens is 1050 g/mol.